The normalized spacial score (nSPS) is 12.5. The second-order valence-electron chi connectivity index (χ2n) is 5.25. The Balaban J connectivity index is 1.55. The summed E-state index contributed by atoms with van der Waals surface area (Å²) in [6.07, 6.45) is 1.57. The molecule has 0 aliphatic carbocycles. The lowest BCUT2D eigenvalue weighted by Gasteiger charge is -2.16. The van der Waals surface area contributed by atoms with Crippen LogP contribution in [-0.4, -0.2) is 36.2 Å². The van der Waals surface area contributed by atoms with E-state index in [4.69, 9.17) is 21.1 Å². The van der Waals surface area contributed by atoms with Gasteiger partial charge in [-0.25, -0.2) is 4.98 Å². The molecule has 2 heterocycles. The fraction of sp³-hybridized carbons (Fsp3) is 0.250. The van der Waals surface area contributed by atoms with Crippen molar-refractivity contribution in [2.75, 3.05) is 25.7 Å². The summed E-state index contributed by atoms with van der Waals surface area (Å²) in [6, 6.07) is 9.19. The van der Waals surface area contributed by atoms with E-state index in [1.807, 2.05) is 30.1 Å². The molecule has 0 atom stereocenters. The van der Waals surface area contributed by atoms with Gasteiger partial charge in [0.15, 0.2) is 16.7 Å². The van der Waals surface area contributed by atoms with Gasteiger partial charge in [0.05, 0.1) is 12.2 Å². The minimum Gasteiger partial charge on any atom is -0.454 e. The van der Waals surface area contributed by atoms with Crippen molar-refractivity contribution in [3.63, 3.8) is 0 Å². The van der Waals surface area contributed by atoms with Crippen molar-refractivity contribution in [2.45, 2.75) is 6.54 Å². The van der Waals surface area contributed by atoms with Crippen LogP contribution in [0, 0.1) is 0 Å². The molecule has 3 rings (SSSR count). The molecule has 0 saturated heterocycles. The second kappa shape index (κ2) is 6.85. The zero-order valence-corrected chi connectivity index (χ0v) is 13.3. The summed E-state index contributed by atoms with van der Waals surface area (Å²) in [5.74, 6) is 1.34. The van der Waals surface area contributed by atoms with Crippen LogP contribution < -0.4 is 14.8 Å². The number of halogens is 1. The van der Waals surface area contributed by atoms with Crippen LogP contribution >= 0.6 is 11.6 Å². The molecule has 1 aliphatic heterocycles. The highest BCUT2D eigenvalue weighted by Gasteiger charge is 2.15. The lowest BCUT2D eigenvalue weighted by molar-refractivity contribution is -0.117. The molecule has 120 valence electrons. The van der Waals surface area contributed by atoms with Crippen LogP contribution in [0.2, 0.25) is 5.15 Å². The molecule has 0 saturated carbocycles. The Morgan fingerprint density at radius 1 is 1.35 bits per heavy atom. The molecule has 6 nitrogen and oxygen atoms in total. The van der Waals surface area contributed by atoms with Crippen molar-refractivity contribution < 1.29 is 14.3 Å². The fourth-order valence-corrected chi connectivity index (χ4v) is 2.49. The van der Waals surface area contributed by atoms with Crippen LogP contribution in [0.5, 0.6) is 11.5 Å². The highest BCUT2D eigenvalue weighted by molar-refractivity contribution is 6.32. The highest BCUT2D eigenvalue weighted by Crippen LogP contribution is 2.32. The number of amides is 1. The first kappa shape index (κ1) is 15.6. The molecule has 23 heavy (non-hydrogen) atoms. The molecule has 7 heteroatoms. The number of fused-ring (bicyclic) bond motifs is 1. The van der Waals surface area contributed by atoms with Gasteiger partial charge in [0.2, 0.25) is 12.7 Å². The Morgan fingerprint density at radius 2 is 2.17 bits per heavy atom. The van der Waals surface area contributed by atoms with E-state index >= 15 is 0 Å². The topological polar surface area (TPSA) is 63.7 Å². The number of likely N-dealkylation sites (N-methyl/N-ethyl adjacent to an activating group) is 1. The number of pyridine rings is 1. The summed E-state index contributed by atoms with van der Waals surface area (Å²) in [5.41, 5.74) is 1.56. The van der Waals surface area contributed by atoms with Crippen LogP contribution in [0.1, 0.15) is 5.56 Å². The summed E-state index contributed by atoms with van der Waals surface area (Å²) in [4.78, 5) is 17.9. The van der Waals surface area contributed by atoms with Gasteiger partial charge in [-0.15, -0.1) is 0 Å². The standard InChI is InChI=1S/C16H16ClN3O3/c1-20(8-11-4-5-13-14(7-11)23-10-22-13)9-15(21)19-12-3-2-6-18-16(12)17/h2-7H,8-10H2,1H3,(H,19,21). The maximum atomic E-state index is 12.1. The third-order valence-electron chi connectivity index (χ3n) is 3.34. The Kier molecular flexibility index (Phi) is 4.64. The minimum atomic E-state index is -0.150. The zero-order valence-electron chi connectivity index (χ0n) is 12.6. The highest BCUT2D eigenvalue weighted by atomic mass is 35.5. The number of aromatic nitrogens is 1. The van der Waals surface area contributed by atoms with E-state index in [9.17, 15) is 4.79 Å². The molecule has 1 N–H and O–H groups in total. The van der Waals surface area contributed by atoms with Crippen molar-refractivity contribution in [3.05, 3.63) is 47.2 Å². The van der Waals surface area contributed by atoms with Crippen LogP contribution in [0.3, 0.4) is 0 Å². The van der Waals surface area contributed by atoms with Crippen LogP contribution in [-0.2, 0) is 11.3 Å². The summed E-state index contributed by atoms with van der Waals surface area (Å²) in [7, 11) is 1.87. The molecule has 1 aromatic heterocycles. The van der Waals surface area contributed by atoms with E-state index in [-0.39, 0.29) is 24.4 Å². The Hall–Kier alpha value is -2.31. The van der Waals surface area contributed by atoms with Gasteiger partial charge in [-0.2, -0.15) is 0 Å². The number of carbonyl (C=O) groups is 1. The summed E-state index contributed by atoms with van der Waals surface area (Å²) in [6.45, 7) is 1.10. The van der Waals surface area contributed by atoms with E-state index in [0.29, 0.717) is 12.2 Å². The first-order valence-corrected chi connectivity index (χ1v) is 7.47. The summed E-state index contributed by atoms with van der Waals surface area (Å²) >= 11 is 5.92. The molecule has 0 radical (unpaired) electrons. The summed E-state index contributed by atoms with van der Waals surface area (Å²) in [5, 5.41) is 3.03. The van der Waals surface area contributed by atoms with Crippen molar-refractivity contribution in [3.8, 4) is 11.5 Å². The Bertz CT molecular complexity index is 723. The van der Waals surface area contributed by atoms with E-state index in [0.717, 1.165) is 17.1 Å². The average molecular weight is 334 g/mol. The largest absolute Gasteiger partial charge is 0.454 e. The Labute approximate surface area is 139 Å². The SMILES string of the molecule is CN(CC(=O)Nc1cccnc1Cl)Cc1ccc2c(c1)OCO2. The number of nitrogens with zero attached hydrogens (tertiary/aromatic N) is 2. The predicted octanol–water partition coefficient (Wildman–Crippen LogP) is 2.53. The van der Waals surface area contributed by atoms with Gasteiger partial charge in [0.25, 0.3) is 0 Å². The monoisotopic (exact) mass is 333 g/mol. The molecule has 0 fully saturated rings. The molecule has 0 spiro atoms. The molecule has 1 amide bonds. The van der Waals surface area contributed by atoms with Crippen LogP contribution in [0.25, 0.3) is 0 Å². The number of rotatable bonds is 5. The number of benzene rings is 1. The molecule has 0 bridgehead atoms. The smallest absolute Gasteiger partial charge is 0.238 e. The van der Waals surface area contributed by atoms with Gasteiger partial charge in [0.1, 0.15) is 0 Å². The van der Waals surface area contributed by atoms with Crippen LogP contribution in [0.15, 0.2) is 36.5 Å². The number of hydrogen-bond donors (Lipinski definition) is 1. The van der Waals surface area contributed by atoms with Gasteiger partial charge in [-0.1, -0.05) is 17.7 Å². The lowest BCUT2D eigenvalue weighted by atomic mass is 10.2. The van der Waals surface area contributed by atoms with Gasteiger partial charge < -0.3 is 14.8 Å². The molecular weight excluding hydrogens is 318 g/mol. The molecule has 2 aromatic rings. The quantitative estimate of drug-likeness (QED) is 0.852. The third-order valence-corrected chi connectivity index (χ3v) is 3.64. The Morgan fingerprint density at radius 3 is 3.00 bits per heavy atom. The zero-order chi connectivity index (χ0) is 16.2. The van der Waals surface area contributed by atoms with E-state index in [2.05, 4.69) is 10.3 Å². The second-order valence-corrected chi connectivity index (χ2v) is 5.61. The van der Waals surface area contributed by atoms with E-state index in [1.165, 1.54) is 0 Å². The van der Waals surface area contributed by atoms with Gasteiger partial charge in [-0.3, -0.25) is 9.69 Å². The molecule has 1 aliphatic rings. The number of nitrogens with one attached hydrogen (secondary N) is 1. The number of carbonyl (C=O) groups excluding carboxylic acids is 1. The first-order valence-electron chi connectivity index (χ1n) is 7.09. The maximum absolute atomic E-state index is 12.1. The van der Waals surface area contributed by atoms with E-state index in [1.54, 1.807) is 18.3 Å². The molecule has 1 aromatic carbocycles. The predicted molar refractivity (Wildman–Crippen MR) is 86.8 cm³/mol. The number of anilines is 1. The maximum Gasteiger partial charge on any atom is 0.238 e. The van der Waals surface area contributed by atoms with Crippen molar-refractivity contribution in [1.82, 2.24) is 9.88 Å². The minimum absolute atomic E-state index is 0.150. The van der Waals surface area contributed by atoms with Gasteiger partial charge >= 0.3 is 0 Å². The van der Waals surface area contributed by atoms with Crippen molar-refractivity contribution in [2.24, 2.45) is 0 Å². The van der Waals surface area contributed by atoms with Crippen molar-refractivity contribution in [1.29, 1.82) is 0 Å². The average Bonchev–Trinajstić information content (AvgIpc) is 2.97. The van der Waals surface area contributed by atoms with Gasteiger partial charge in [-0.05, 0) is 36.9 Å². The fourth-order valence-electron chi connectivity index (χ4n) is 2.32. The van der Waals surface area contributed by atoms with Crippen LogP contribution in [0.4, 0.5) is 5.69 Å². The number of ether oxygens (including phenoxy) is 2. The summed E-state index contributed by atoms with van der Waals surface area (Å²) < 4.78 is 10.6. The van der Waals surface area contributed by atoms with Crippen molar-refractivity contribution >= 4 is 23.2 Å². The first-order chi connectivity index (χ1) is 11.1. The number of hydrogen-bond acceptors (Lipinski definition) is 5. The van der Waals surface area contributed by atoms with Gasteiger partial charge in [0, 0.05) is 12.7 Å². The third kappa shape index (κ3) is 3.91. The molecule has 0 unspecified atom stereocenters. The molecular formula is C16H16ClN3O3. The van der Waals surface area contributed by atoms with E-state index < -0.39 is 0 Å². The lowest BCUT2D eigenvalue weighted by Crippen LogP contribution is -2.29.